The van der Waals surface area contributed by atoms with Gasteiger partial charge in [-0.2, -0.15) is 5.10 Å². The van der Waals surface area contributed by atoms with Gasteiger partial charge in [-0.15, -0.1) is 0 Å². The summed E-state index contributed by atoms with van der Waals surface area (Å²) in [6.07, 6.45) is 8.64. The van der Waals surface area contributed by atoms with E-state index in [0.717, 1.165) is 26.1 Å². The van der Waals surface area contributed by atoms with Gasteiger partial charge in [0.15, 0.2) is 0 Å². The Hall–Kier alpha value is -0.830. The molecule has 2 rings (SSSR count). The van der Waals surface area contributed by atoms with Crippen LogP contribution in [0.2, 0.25) is 0 Å². The second-order valence-electron chi connectivity index (χ2n) is 5.67. The molecule has 96 valence electrons. The van der Waals surface area contributed by atoms with Crippen molar-refractivity contribution >= 4 is 0 Å². The van der Waals surface area contributed by atoms with E-state index in [1.165, 1.54) is 31.4 Å². The fourth-order valence-corrected chi connectivity index (χ4v) is 2.82. The second-order valence-corrected chi connectivity index (χ2v) is 5.67. The summed E-state index contributed by atoms with van der Waals surface area (Å²) in [6.45, 7) is 7.73. The molecule has 0 atom stereocenters. The summed E-state index contributed by atoms with van der Waals surface area (Å²) in [6, 6.07) is 2.12. The van der Waals surface area contributed by atoms with Crippen LogP contribution in [-0.4, -0.2) is 16.3 Å². The zero-order valence-electron chi connectivity index (χ0n) is 11.2. The number of aryl methyl sites for hydroxylation is 1. The predicted octanol–water partition coefficient (Wildman–Crippen LogP) is 2.96. The fraction of sp³-hybridized carbons (Fsp3) is 0.786. The summed E-state index contributed by atoms with van der Waals surface area (Å²) in [4.78, 5) is 0. The molecule has 3 nitrogen and oxygen atoms in total. The van der Waals surface area contributed by atoms with E-state index in [2.05, 4.69) is 35.0 Å². The molecule has 3 heteroatoms. The molecule has 0 amide bonds. The summed E-state index contributed by atoms with van der Waals surface area (Å²) in [5, 5.41) is 7.96. The van der Waals surface area contributed by atoms with Crippen molar-refractivity contribution in [2.75, 3.05) is 6.54 Å². The maximum Gasteiger partial charge on any atom is 0.0522 e. The molecule has 0 bridgehead atoms. The zero-order chi connectivity index (χ0) is 12.1. The Morgan fingerprint density at radius 3 is 2.88 bits per heavy atom. The SMILES string of the molecule is CCCn1nccc1CNCC1(C)CCCC1. The maximum atomic E-state index is 4.35. The Bertz CT molecular complexity index is 337. The molecule has 0 unspecified atom stereocenters. The van der Waals surface area contributed by atoms with Crippen LogP contribution in [0.15, 0.2) is 12.3 Å². The van der Waals surface area contributed by atoms with Gasteiger partial charge in [0.2, 0.25) is 0 Å². The largest absolute Gasteiger partial charge is 0.311 e. The van der Waals surface area contributed by atoms with E-state index in [1.54, 1.807) is 0 Å². The van der Waals surface area contributed by atoms with Crippen LogP contribution in [0.5, 0.6) is 0 Å². The van der Waals surface area contributed by atoms with Gasteiger partial charge >= 0.3 is 0 Å². The molecule has 0 aliphatic heterocycles. The normalized spacial score (nSPS) is 18.7. The van der Waals surface area contributed by atoms with E-state index in [1.807, 2.05) is 6.20 Å². The van der Waals surface area contributed by atoms with Gasteiger partial charge in [0.25, 0.3) is 0 Å². The standard InChI is InChI=1S/C14H25N3/c1-3-10-17-13(6-9-16-17)11-15-12-14(2)7-4-5-8-14/h6,9,15H,3-5,7-8,10-12H2,1-2H3. The molecule has 0 aromatic carbocycles. The van der Waals surface area contributed by atoms with Crippen molar-refractivity contribution in [3.05, 3.63) is 18.0 Å². The Kier molecular flexibility index (Phi) is 4.21. The van der Waals surface area contributed by atoms with Crippen molar-refractivity contribution in [2.24, 2.45) is 5.41 Å². The molecule has 17 heavy (non-hydrogen) atoms. The predicted molar refractivity (Wildman–Crippen MR) is 70.8 cm³/mol. The zero-order valence-corrected chi connectivity index (χ0v) is 11.2. The van der Waals surface area contributed by atoms with Crippen molar-refractivity contribution in [1.29, 1.82) is 0 Å². The highest BCUT2D eigenvalue weighted by atomic mass is 15.3. The van der Waals surface area contributed by atoms with Crippen LogP contribution >= 0.6 is 0 Å². The summed E-state index contributed by atoms with van der Waals surface area (Å²) in [7, 11) is 0. The minimum Gasteiger partial charge on any atom is -0.311 e. The van der Waals surface area contributed by atoms with Crippen LogP contribution in [0.3, 0.4) is 0 Å². The third kappa shape index (κ3) is 3.32. The monoisotopic (exact) mass is 235 g/mol. The number of nitrogens with zero attached hydrogens (tertiary/aromatic N) is 2. The van der Waals surface area contributed by atoms with Gasteiger partial charge in [-0.1, -0.05) is 26.7 Å². The lowest BCUT2D eigenvalue weighted by molar-refractivity contribution is 0.312. The summed E-state index contributed by atoms with van der Waals surface area (Å²) >= 11 is 0. The van der Waals surface area contributed by atoms with Gasteiger partial charge < -0.3 is 5.32 Å². The van der Waals surface area contributed by atoms with Crippen LogP contribution in [-0.2, 0) is 13.1 Å². The number of rotatable bonds is 6. The first-order valence-electron chi connectivity index (χ1n) is 6.95. The Balaban J connectivity index is 1.79. The molecule has 1 heterocycles. The van der Waals surface area contributed by atoms with Crippen molar-refractivity contribution in [3.63, 3.8) is 0 Å². The molecule has 1 fully saturated rings. The first-order valence-corrected chi connectivity index (χ1v) is 6.95. The molecule has 1 aliphatic carbocycles. The average Bonchev–Trinajstić information content (AvgIpc) is 2.90. The van der Waals surface area contributed by atoms with Gasteiger partial charge in [0.1, 0.15) is 0 Å². The van der Waals surface area contributed by atoms with Crippen molar-refractivity contribution in [3.8, 4) is 0 Å². The van der Waals surface area contributed by atoms with Crippen LogP contribution in [0.4, 0.5) is 0 Å². The minimum absolute atomic E-state index is 0.537. The molecule has 1 N–H and O–H groups in total. The van der Waals surface area contributed by atoms with Crippen LogP contribution in [0, 0.1) is 5.41 Å². The average molecular weight is 235 g/mol. The molecule has 1 saturated carbocycles. The van der Waals surface area contributed by atoms with E-state index >= 15 is 0 Å². The molecule has 1 aliphatic rings. The topological polar surface area (TPSA) is 29.9 Å². The highest BCUT2D eigenvalue weighted by Gasteiger charge is 2.27. The van der Waals surface area contributed by atoms with E-state index in [0.29, 0.717) is 5.41 Å². The van der Waals surface area contributed by atoms with Crippen molar-refractivity contribution < 1.29 is 0 Å². The highest BCUT2D eigenvalue weighted by molar-refractivity contribution is 5.00. The first kappa shape index (κ1) is 12.6. The molecule has 0 saturated heterocycles. The highest BCUT2D eigenvalue weighted by Crippen LogP contribution is 2.36. The third-order valence-corrected chi connectivity index (χ3v) is 3.91. The maximum absolute atomic E-state index is 4.35. The smallest absolute Gasteiger partial charge is 0.0522 e. The first-order chi connectivity index (χ1) is 8.23. The third-order valence-electron chi connectivity index (χ3n) is 3.91. The van der Waals surface area contributed by atoms with Crippen LogP contribution < -0.4 is 5.32 Å². The quantitative estimate of drug-likeness (QED) is 0.821. The lowest BCUT2D eigenvalue weighted by Gasteiger charge is -2.23. The number of hydrogen-bond donors (Lipinski definition) is 1. The van der Waals surface area contributed by atoms with Crippen molar-refractivity contribution in [1.82, 2.24) is 15.1 Å². The van der Waals surface area contributed by atoms with Crippen LogP contribution in [0.1, 0.15) is 51.6 Å². The number of aromatic nitrogens is 2. The Labute approximate surface area is 105 Å². The summed E-state index contributed by atoms with van der Waals surface area (Å²) in [5.74, 6) is 0. The van der Waals surface area contributed by atoms with Gasteiger partial charge in [-0.05, 0) is 30.7 Å². The Morgan fingerprint density at radius 2 is 2.18 bits per heavy atom. The van der Waals surface area contributed by atoms with E-state index in [-0.39, 0.29) is 0 Å². The summed E-state index contributed by atoms with van der Waals surface area (Å²) < 4.78 is 2.12. The van der Waals surface area contributed by atoms with E-state index in [9.17, 15) is 0 Å². The van der Waals surface area contributed by atoms with Crippen LogP contribution in [0.25, 0.3) is 0 Å². The number of hydrogen-bond acceptors (Lipinski definition) is 2. The Morgan fingerprint density at radius 1 is 1.41 bits per heavy atom. The van der Waals surface area contributed by atoms with Crippen molar-refractivity contribution in [2.45, 2.75) is 59.0 Å². The fourth-order valence-electron chi connectivity index (χ4n) is 2.82. The van der Waals surface area contributed by atoms with Gasteiger partial charge in [-0.3, -0.25) is 4.68 Å². The molecule has 0 radical (unpaired) electrons. The molecular formula is C14H25N3. The minimum atomic E-state index is 0.537. The lowest BCUT2D eigenvalue weighted by atomic mass is 9.89. The van der Waals surface area contributed by atoms with Gasteiger partial charge in [-0.25, -0.2) is 0 Å². The number of nitrogens with one attached hydrogen (secondary N) is 1. The van der Waals surface area contributed by atoms with Gasteiger partial charge in [0.05, 0.1) is 5.69 Å². The second kappa shape index (κ2) is 5.67. The summed E-state index contributed by atoms with van der Waals surface area (Å²) in [5.41, 5.74) is 1.85. The molecule has 0 spiro atoms. The molecule has 1 aromatic heterocycles. The van der Waals surface area contributed by atoms with E-state index < -0.39 is 0 Å². The molecule has 1 aromatic rings. The lowest BCUT2D eigenvalue weighted by Crippen LogP contribution is -2.29. The molecular weight excluding hydrogens is 210 g/mol. The van der Waals surface area contributed by atoms with Gasteiger partial charge in [0, 0.05) is 25.8 Å². The van der Waals surface area contributed by atoms with E-state index in [4.69, 9.17) is 0 Å².